The number of rotatable bonds is 4. The summed E-state index contributed by atoms with van der Waals surface area (Å²) >= 11 is 0.499. The molecule has 1 N–H and O–H groups in total. The standard InChI is InChI=1S/C14H15F2NOS/c15-14(16)19-12-8-6-11(7-9-12)17-13(18)10-4-2-1-3-5-10/h1-2,6-10,14H,3-5H2,(H,17,18)/t10-/m1/s1. The van der Waals surface area contributed by atoms with E-state index in [4.69, 9.17) is 0 Å². The summed E-state index contributed by atoms with van der Waals surface area (Å²) < 4.78 is 24.3. The minimum Gasteiger partial charge on any atom is -0.326 e. The number of hydrogen-bond donors (Lipinski definition) is 1. The summed E-state index contributed by atoms with van der Waals surface area (Å²) in [5.74, 6) is -2.41. The first kappa shape index (κ1) is 14.1. The Morgan fingerprint density at radius 2 is 2.00 bits per heavy atom. The highest BCUT2D eigenvalue weighted by Crippen LogP contribution is 2.26. The van der Waals surface area contributed by atoms with Crippen LogP contribution in [0.25, 0.3) is 0 Å². The molecule has 0 saturated carbocycles. The zero-order valence-electron chi connectivity index (χ0n) is 10.3. The van der Waals surface area contributed by atoms with Gasteiger partial charge in [-0.25, -0.2) is 0 Å². The number of hydrogen-bond acceptors (Lipinski definition) is 2. The van der Waals surface area contributed by atoms with E-state index in [0.717, 1.165) is 19.3 Å². The maximum absolute atomic E-state index is 12.2. The molecule has 0 saturated heterocycles. The summed E-state index contributed by atoms with van der Waals surface area (Å²) in [5, 5.41) is 2.82. The molecule has 1 aromatic carbocycles. The third kappa shape index (κ3) is 4.35. The van der Waals surface area contributed by atoms with Gasteiger partial charge in [-0.2, -0.15) is 8.78 Å². The van der Waals surface area contributed by atoms with Crippen molar-refractivity contribution in [3.8, 4) is 0 Å². The molecule has 102 valence electrons. The van der Waals surface area contributed by atoms with Crippen LogP contribution in [0.4, 0.5) is 14.5 Å². The molecule has 2 rings (SSSR count). The molecule has 1 aliphatic carbocycles. The molecular weight excluding hydrogens is 268 g/mol. The quantitative estimate of drug-likeness (QED) is 0.659. The lowest BCUT2D eigenvalue weighted by Gasteiger charge is -2.17. The Kier molecular flexibility index (Phi) is 4.96. The number of halogens is 2. The van der Waals surface area contributed by atoms with Gasteiger partial charge < -0.3 is 5.32 Å². The summed E-state index contributed by atoms with van der Waals surface area (Å²) in [6.45, 7) is 0. The van der Waals surface area contributed by atoms with Crippen LogP contribution >= 0.6 is 11.8 Å². The van der Waals surface area contributed by atoms with Crippen molar-refractivity contribution >= 4 is 23.4 Å². The molecule has 19 heavy (non-hydrogen) atoms. The van der Waals surface area contributed by atoms with Crippen molar-refractivity contribution in [1.29, 1.82) is 0 Å². The predicted octanol–water partition coefficient (Wildman–Crippen LogP) is 4.30. The van der Waals surface area contributed by atoms with Crippen LogP contribution in [0, 0.1) is 5.92 Å². The number of allylic oxidation sites excluding steroid dienone is 2. The second-order valence-corrected chi connectivity index (χ2v) is 5.44. The van der Waals surface area contributed by atoms with Crippen LogP contribution in [-0.4, -0.2) is 11.7 Å². The van der Waals surface area contributed by atoms with Crippen LogP contribution in [0.3, 0.4) is 0 Å². The molecule has 1 aromatic rings. The first-order chi connectivity index (χ1) is 9.15. The van der Waals surface area contributed by atoms with E-state index in [1.54, 1.807) is 24.3 Å². The lowest BCUT2D eigenvalue weighted by atomic mass is 9.93. The number of alkyl halides is 2. The van der Waals surface area contributed by atoms with E-state index in [0.29, 0.717) is 22.3 Å². The number of carbonyl (C=O) groups is 1. The highest BCUT2D eigenvalue weighted by atomic mass is 32.2. The predicted molar refractivity (Wildman–Crippen MR) is 73.4 cm³/mol. The summed E-state index contributed by atoms with van der Waals surface area (Å²) in [7, 11) is 0. The van der Waals surface area contributed by atoms with Gasteiger partial charge in [-0.1, -0.05) is 23.9 Å². The molecule has 1 aliphatic rings. The fraction of sp³-hybridized carbons (Fsp3) is 0.357. The van der Waals surface area contributed by atoms with E-state index in [1.807, 2.05) is 6.08 Å². The summed E-state index contributed by atoms with van der Waals surface area (Å²) in [6.07, 6.45) is 6.67. The fourth-order valence-electron chi connectivity index (χ4n) is 2.00. The van der Waals surface area contributed by atoms with E-state index < -0.39 is 5.76 Å². The first-order valence-corrected chi connectivity index (χ1v) is 7.04. The van der Waals surface area contributed by atoms with Crippen LogP contribution in [-0.2, 0) is 4.79 Å². The molecule has 0 unspecified atom stereocenters. The zero-order chi connectivity index (χ0) is 13.7. The molecule has 0 spiro atoms. The van der Waals surface area contributed by atoms with Crippen molar-refractivity contribution in [3.63, 3.8) is 0 Å². The summed E-state index contributed by atoms with van der Waals surface area (Å²) in [6, 6.07) is 6.49. The van der Waals surface area contributed by atoms with Gasteiger partial charge in [-0.15, -0.1) is 0 Å². The normalized spacial score (nSPS) is 18.6. The van der Waals surface area contributed by atoms with E-state index >= 15 is 0 Å². The highest BCUT2D eigenvalue weighted by molar-refractivity contribution is 7.99. The van der Waals surface area contributed by atoms with E-state index in [-0.39, 0.29) is 11.8 Å². The van der Waals surface area contributed by atoms with Gasteiger partial charge in [-0.05, 0) is 43.5 Å². The van der Waals surface area contributed by atoms with Gasteiger partial charge in [-0.3, -0.25) is 4.79 Å². The van der Waals surface area contributed by atoms with Crippen LogP contribution in [0.1, 0.15) is 19.3 Å². The molecule has 0 radical (unpaired) electrons. The van der Waals surface area contributed by atoms with Gasteiger partial charge in [0.25, 0.3) is 5.76 Å². The largest absolute Gasteiger partial charge is 0.326 e. The van der Waals surface area contributed by atoms with Gasteiger partial charge in [0.15, 0.2) is 0 Å². The number of thioether (sulfide) groups is 1. The van der Waals surface area contributed by atoms with Crippen molar-refractivity contribution in [2.24, 2.45) is 5.92 Å². The SMILES string of the molecule is O=C(Nc1ccc(SC(F)F)cc1)[C@@H]1CC=CCC1. The van der Waals surface area contributed by atoms with Crippen molar-refractivity contribution in [2.45, 2.75) is 29.9 Å². The van der Waals surface area contributed by atoms with Crippen molar-refractivity contribution in [3.05, 3.63) is 36.4 Å². The zero-order valence-corrected chi connectivity index (χ0v) is 11.1. The van der Waals surface area contributed by atoms with Crippen LogP contribution < -0.4 is 5.32 Å². The van der Waals surface area contributed by atoms with E-state index in [2.05, 4.69) is 11.4 Å². The average Bonchev–Trinajstić information content (AvgIpc) is 2.41. The van der Waals surface area contributed by atoms with Crippen molar-refractivity contribution in [2.75, 3.05) is 5.32 Å². The van der Waals surface area contributed by atoms with Gasteiger partial charge >= 0.3 is 0 Å². The van der Waals surface area contributed by atoms with Gasteiger partial charge in [0.2, 0.25) is 5.91 Å². The molecule has 0 aliphatic heterocycles. The number of nitrogens with one attached hydrogen (secondary N) is 1. The summed E-state index contributed by atoms with van der Waals surface area (Å²) in [5.41, 5.74) is 0.651. The average molecular weight is 283 g/mol. The van der Waals surface area contributed by atoms with Crippen molar-refractivity contribution < 1.29 is 13.6 Å². The minimum absolute atomic E-state index is 0.00128. The second kappa shape index (κ2) is 6.70. The third-order valence-electron chi connectivity index (χ3n) is 2.99. The molecule has 1 atom stereocenters. The molecule has 1 amide bonds. The monoisotopic (exact) mass is 283 g/mol. The first-order valence-electron chi connectivity index (χ1n) is 6.16. The number of carbonyl (C=O) groups excluding carboxylic acids is 1. The van der Waals surface area contributed by atoms with Crippen LogP contribution in [0.5, 0.6) is 0 Å². The van der Waals surface area contributed by atoms with E-state index in [1.165, 1.54) is 0 Å². The molecule has 0 aromatic heterocycles. The Hall–Kier alpha value is -1.36. The lowest BCUT2D eigenvalue weighted by molar-refractivity contribution is -0.120. The summed E-state index contributed by atoms with van der Waals surface area (Å²) in [4.78, 5) is 12.5. The Labute approximate surface area is 115 Å². The Morgan fingerprint density at radius 3 is 2.58 bits per heavy atom. The van der Waals surface area contributed by atoms with Crippen molar-refractivity contribution in [1.82, 2.24) is 0 Å². The Morgan fingerprint density at radius 1 is 1.26 bits per heavy atom. The molecule has 2 nitrogen and oxygen atoms in total. The van der Waals surface area contributed by atoms with Crippen LogP contribution in [0.15, 0.2) is 41.3 Å². The fourth-order valence-corrected chi connectivity index (χ4v) is 2.49. The minimum atomic E-state index is -2.42. The smallest absolute Gasteiger partial charge is 0.288 e. The number of amides is 1. The number of anilines is 1. The highest BCUT2D eigenvalue weighted by Gasteiger charge is 2.18. The topological polar surface area (TPSA) is 29.1 Å². The molecule has 0 bridgehead atoms. The maximum atomic E-state index is 12.2. The second-order valence-electron chi connectivity index (χ2n) is 4.37. The molecule has 0 fully saturated rings. The van der Waals surface area contributed by atoms with Gasteiger partial charge in [0, 0.05) is 16.5 Å². The molecular formula is C14H15F2NOS. The molecule has 5 heteroatoms. The lowest BCUT2D eigenvalue weighted by Crippen LogP contribution is -2.23. The van der Waals surface area contributed by atoms with Gasteiger partial charge in [0.1, 0.15) is 0 Å². The van der Waals surface area contributed by atoms with Crippen LogP contribution in [0.2, 0.25) is 0 Å². The third-order valence-corrected chi connectivity index (χ3v) is 3.71. The Balaban J connectivity index is 1.91. The van der Waals surface area contributed by atoms with E-state index in [9.17, 15) is 13.6 Å². The Bertz CT molecular complexity index is 459. The molecule has 0 heterocycles. The number of benzene rings is 1. The maximum Gasteiger partial charge on any atom is 0.288 e. The van der Waals surface area contributed by atoms with Gasteiger partial charge in [0.05, 0.1) is 0 Å².